The third kappa shape index (κ3) is 2.67. The Balaban J connectivity index is 2.52. The Morgan fingerprint density at radius 2 is 2.00 bits per heavy atom. The summed E-state index contributed by atoms with van der Waals surface area (Å²) in [7, 11) is 0. The van der Waals surface area contributed by atoms with Crippen LogP contribution in [-0.4, -0.2) is 23.1 Å². The van der Waals surface area contributed by atoms with Gasteiger partial charge in [-0.05, 0) is 19.9 Å². The molecule has 20 heavy (non-hydrogen) atoms. The summed E-state index contributed by atoms with van der Waals surface area (Å²) in [6, 6.07) is 4.30. The molecular formula is C14H14F2N4. The van der Waals surface area contributed by atoms with Crippen LogP contribution in [0.4, 0.5) is 14.6 Å². The van der Waals surface area contributed by atoms with Crippen molar-refractivity contribution in [3.63, 3.8) is 0 Å². The molecule has 1 aromatic carbocycles. The lowest BCUT2D eigenvalue weighted by molar-refractivity contribution is 0.510. The molecule has 1 aromatic heterocycles. The zero-order valence-electron chi connectivity index (χ0n) is 11.3. The van der Waals surface area contributed by atoms with E-state index in [9.17, 15) is 8.78 Å². The number of halogens is 2. The first-order chi connectivity index (χ1) is 9.56. The molecule has 2 aromatic rings. The number of aromatic nitrogens is 2. The van der Waals surface area contributed by atoms with Gasteiger partial charge in [0.25, 0.3) is 0 Å². The molecule has 104 valence electrons. The first-order valence-electron chi connectivity index (χ1n) is 6.31. The summed E-state index contributed by atoms with van der Waals surface area (Å²) in [6.45, 7) is 4.79. The fourth-order valence-electron chi connectivity index (χ4n) is 2.03. The Bertz CT molecular complexity index is 666. The zero-order chi connectivity index (χ0) is 14.7. The quantitative estimate of drug-likeness (QED) is 0.861. The van der Waals surface area contributed by atoms with Gasteiger partial charge in [-0.1, -0.05) is 0 Å². The zero-order valence-corrected chi connectivity index (χ0v) is 11.3. The van der Waals surface area contributed by atoms with Crippen molar-refractivity contribution in [1.29, 1.82) is 5.26 Å². The molecule has 2 rings (SSSR count). The minimum absolute atomic E-state index is 0.190. The normalized spacial score (nSPS) is 12.2. The van der Waals surface area contributed by atoms with Crippen molar-refractivity contribution in [3.8, 4) is 6.07 Å². The summed E-state index contributed by atoms with van der Waals surface area (Å²) in [5.41, 5.74) is 0.344. The van der Waals surface area contributed by atoms with Crippen molar-refractivity contribution in [2.24, 2.45) is 5.92 Å². The molecule has 0 bridgehead atoms. The molecule has 0 N–H and O–H groups in total. The second-order valence-corrected chi connectivity index (χ2v) is 4.55. The second-order valence-electron chi connectivity index (χ2n) is 4.55. The van der Waals surface area contributed by atoms with Gasteiger partial charge in [0, 0.05) is 24.5 Å². The molecule has 6 heteroatoms. The molecule has 0 saturated carbocycles. The Hall–Kier alpha value is -2.29. The van der Waals surface area contributed by atoms with E-state index in [1.165, 1.54) is 6.33 Å². The molecule has 1 atom stereocenters. The Morgan fingerprint density at radius 1 is 1.30 bits per heavy atom. The summed E-state index contributed by atoms with van der Waals surface area (Å²) >= 11 is 0. The monoisotopic (exact) mass is 276 g/mol. The maximum absolute atomic E-state index is 13.4. The molecule has 1 unspecified atom stereocenters. The molecule has 0 aliphatic rings. The van der Waals surface area contributed by atoms with Gasteiger partial charge in [-0.3, -0.25) is 0 Å². The molecule has 0 aliphatic carbocycles. The topological polar surface area (TPSA) is 52.8 Å². The predicted molar refractivity (Wildman–Crippen MR) is 72.1 cm³/mol. The van der Waals surface area contributed by atoms with E-state index >= 15 is 0 Å². The van der Waals surface area contributed by atoms with Crippen LogP contribution in [0.25, 0.3) is 10.9 Å². The number of anilines is 1. The van der Waals surface area contributed by atoms with Gasteiger partial charge in [-0.15, -0.1) is 0 Å². The van der Waals surface area contributed by atoms with Crippen LogP contribution in [0.2, 0.25) is 0 Å². The van der Waals surface area contributed by atoms with Gasteiger partial charge in [0.15, 0.2) is 11.6 Å². The first-order valence-corrected chi connectivity index (χ1v) is 6.31. The van der Waals surface area contributed by atoms with Crippen LogP contribution >= 0.6 is 0 Å². The van der Waals surface area contributed by atoms with Crippen molar-refractivity contribution >= 4 is 16.7 Å². The molecule has 4 nitrogen and oxygen atoms in total. The van der Waals surface area contributed by atoms with Crippen LogP contribution in [0.1, 0.15) is 13.8 Å². The number of hydrogen-bond donors (Lipinski definition) is 0. The third-order valence-electron chi connectivity index (χ3n) is 3.05. The molecule has 0 saturated heterocycles. The fraction of sp³-hybridized carbons (Fsp3) is 0.357. The maximum atomic E-state index is 13.4. The van der Waals surface area contributed by atoms with E-state index in [0.717, 1.165) is 12.1 Å². The Kier molecular flexibility index (Phi) is 4.08. The molecule has 0 aliphatic heterocycles. The highest BCUT2D eigenvalue weighted by atomic mass is 19.2. The van der Waals surface area contributed by atoms with E-state index in [2.05, 4.69) is 16.0 Å². The number of benzene rings is 1. The van der Waals surface area contributed by atoms with Crippen LogP contribution in [0.3, 0.4) is 0 Å². The first kappa shape index (κ1) is 14.1. The molecule has 0 radical (unpaired) electrons. The molecule has 0 fully saturated rings. The van der Waals surface area contributed by atoms with Gasteiger partial charge in [0.2, 0.25) is 0 Å². The van der Waals surface area contributed by atoms with Crippen LogP contribution in [0.5, 0.6) is 0 Å². The molecular weight excluding hydrogens is 262 g/mol. The van der Waals surface area contributed by atoms with Crippen molar-refractivity contribution < 1.29 is 8.78 Å². The van der Waals surface area contributed by atoms with E-state index < -0.39 is 11.6 Å². The second kappa shape index (κ2) is 5.78. The highest BCUT2D eigenvalue weighted by molar-refractivity contribution is 5.89. The van der Waals surface area contributed by atoms with Crippen molar-refractivity contribution in [2.75, 3.05) is 18.0 Å². The summed E-state index contributed by atoms with van der Waals surface area (Å²) in [5.74, 6) is -1.54. The summed E-state index contributed by atoms with van der Waals surface area (Å²) in [5, 5.41) is 9.34. The van der Waals surface area contributed by atoms with Crippen molar-refractivity contribution in [3.05, 3.63) is 30.1 Å². The van der Waals surface area contributed by atoms with Gasteiger partial charge in [-0.2, -0.15) is 5.26 Å². The molecule has 0 spiro atoms. The fourth-order valence-corrected chi connectivity index (χ4v) is 2.03. The van der Waals surface area contributed by atoms with Gasteiger partial charge < -0.3 is 4.90 Å². The van der Waals surface area contributed by atoms with E-state index in [4.69, 9.17) is 5.26 Å². The van der Waals surface area contributed by atoms with Gasteiger partial charge in [0.05, 0.1) is 17.5 Å². The molecule has 1 heterocycles. The summed E-state index contributed by atoms with van der Waals surface area (Å²) in [4.78, 5) is 9.96. The maximum Gasteiger partial charge on any atom is 0.161 e. The lowest BCUT2D eigenvalue weighted by Crippen LogP contribution is -2.28. The lowest BCUT2D eigenvalue weighted by Gasteiger charge is -2.24. The van der Waals surface area contributed by atoms with Crippen LogP contribution < -0.4 is 4.90 Å². The SMILES string of the molecule is CCN(CC(C)C#N)c1ncnc2cc(F)c(F)cc12. The Labute approximate surface area is 115 Å². The van der Waals surface area contributed by atoms with E-state index in [1.54, 1.807) is 6.92 Å². The van der Waals surface area contributed by atoms with Crippen LogP contribution in [0.15, 0.2) is 18.5 Å². The molecule has 0 amide bonds. The lowest BCUT2D eigenvalue weighted by atomic mass is 10.1. The number of nitriles is 1. The van der Waals surface area contributed by atoms with Crippen molar-refractivity contribution in [2.45, 2.75) is 13.8 Å². The summed E-state index contributed by atoms with van der Waals surface area (Å²) < 4.78 is 26.7. The number of fused-ring (bicyclic) bond motifs is 1. The average molecular weight is 276 g/mol. The van der Waals surface area contributed by atoms with E-state index in [-0.39, 0.29) is 5.92 Å². The number of hydrogen-bond acceptors (Lipinski definition) is 4. The van der Waals surface area contributed by atoms with Crippen LogP contribution in [0, 0.1) is 28.9 Å². The average Bonchev–Trinajstić information content (AvgIpc) is 2.45. The van der Waals surface area contributed by atoms with Gasteiger partial charge in [0.1, 0.15) is 12.1 Å². The number of rotatable bonds is 4. The Morgan fingerprint density at radius 3 is 2.65 bits per heavy atom. The highest BCUT2D eigenvalue weighted by Crippen LogP contribution is 2.25. The van der Waals surface area contributed by atoms with Gasteiger partial charge >= 0.3 is 0 Å². The van der Waals surface area contributed by atoms with Gasteiger partial charge in [-0.25, -0.2) is 18.7 Å². The minimum atomic E-state index is -0.935. The number of nitrogens with zero attached hydrogens (tertiary/aromatic N) is 4. The largest absolute Gasteiger partial charge is 0.355 e. The predicted octanol–water partition coefficient (Wildman–Crippen LogP) is 2.89. The third-order valence-corrected chi connectivity index (χ3v) is 3.05. The van der Waals surface area contributed by atoms with Crippen LogP contribution in [-0.2, 0) is 0 Å². The van der Waals surface area contributed by atoms with E-state index in [1.807, 2.05) is 11.8 Å². The summed E-state index contributed by atoms with van der Waals surface area (Å²) in [6.07, 6.45) is 1.31. The minimum Gasteiger partial charge on any atom is -0.355 e. The van der Waals surface area contributed by atoms with E-state index in [0.29, 0.717) is 29.8 Å². The standard InChI is InChI=1S/C14H14F2N4/c1-3-20(7-9(2)6-17)14-10-4-11(15)12(16)5-13(10)18-8-19-14/h4-5,8-9H,3,7H2,1-2H3. The smallest absolute Gasteiger partial charge is 0.161 e. The highest BCUT2D eigenvalue weighted by Gasteiger charge is 2.15. The van der Waals surface area contributed by atoms with Crippen molar-refractivity contribution in [1.82, 2.24) is 9.97 Å².